The van der Waals surface area contributed by atoms with E-state index in [0.29, 0.717) is 72.0 Å². The van der Waals surface area contributed by atoms with Crippen LogP contribution in [0.4, 0.5) is 28.4 Å². The summed E-state index contributed by atoms with van der Waals surface area (Å²) >= 11 is 0. The van der Waals surface area contributed by atoms with Gasteiger partial charge >= 0.3 is 0 Å². The fourth-order valence-electron chi connectivity index (χ4n) is 15.6. The predicted molar refractivity (Wildman–Crippen MR) is 412 cm³/mol. The average molecular weight is 1280 g/mol. The van der Waals surface area contributed by atoms with Crippen molar-refractivity contribution in [1.82, 2.24) is 0 Å². The van der Waals surface area contributed by atoms with Crippen LogP contribution in [0.25, 0.3) is 132 Å². The first-order valence-corrected chi connectivity index (χ1v) is 33.7. The Kier molecular flexibility index (Phi) is 13.5. The lowest BCUT2D eigenvalue weighted by Gasteiger charge is -2.33. The molecule has 7 nitrogen and oxygen atoms in total. The van der Waals surface area contributed by atoms with Crippen molar-refractivity contribution >= 4 is 133 Å². The van der Waals surface area contributed by atoms with Gasteiger partial charge < -0.3 is 18.6 Å². The van der Waals surface area contributed by atoms with Crippen molar-refractivity contribution in [3.05, 3.63) is 354 Å². The Morgan fingerprint density at radius 3 is 1.92 bits per heavy atom. The van der Waals surface area contributed by atoms with Crippen molar-refractivity contribution < 1.29 is 8.83 Å². The van der Waals surface area contributed by atoms with E-state index in [-0.39, 0.29) is 6.04 Å². The minimum Gasteiger partial charge on any atom is -0.455 e. The van der Waals surface area contributed by atoms with Crippen LogP contribution in [-0.2, 0) is 0 Å². The molecule has 1 unspecified atom stereocenters. The lowest BCUT2D eigenvalue weighted by Crippen LogP contribution is -2.44. The summed E-state index contributed by atoms with van der Waals surface area (Å²) in [5.74, 6) is 0. The molecule has 466 valence electrons. The Balaban J connectivity index is 0.992. The first kappa shape index (κ1) is 57.8. The highest BCUT2D eigenvalue weighted by molar-refractivity contribution is 6.40. The number of aryl methyl sites for hydroxylation is 1. The van der Waals surface area contributed by atoms with Gasteiger partial charge in [-0.05, 0) is 145 Å². The van der Waals surface area contributed by atoms with Crippen molar-refractivity contribution in [3.8, 4) is 45.5 Å². The number of hydrogen-bond donors (Lipinski definition) is 0. The van der Waals surface area contributed by atoms with Crippen LogP contribution in [0.3, 0.4) is 0 Å². The second-order valence-corrected chi connectivity index (χ2v) is 25.9. The van der Waals surface area contributed by atoms with Gasteiger partial charge in [-0.3, -0.25) is 0 Å². The van der Waals surface area contributed by atoms with Gasteiger partial charge in [-0.25, -0.2) is 4.99 Å². The second-order valence-electron chi connectivity index (χ2n) is 25.9. The summed E-state index contributed by atoms with van der Waals surface area (Å²) in [6, 6.07) is 107. The van der Waals surface area contributed by atoms with E-state index >= 15 is 0 Å². The molecule has 19 rings (SSSR count). The van der Waals surface area contributed by atoms with Crippen LogP contribution in [0.15, 0.2) is 329 Å². The van der Waals surface area contributed by atoms with Gasteiger partial charge in [0.1, 0.15) is 28.4 Å². The number of furan rings is 2. The van der Waals surface area contributed by atoms with Gasteiger partial charge in [0.25, 0.3) is 0 Å². The smallest absolute Gasteiger partial charge is 0.145 e. The zero-order valence-electron chi connectivity index (χ0n) is 54.2. The molecule has 1 aliphatic heterocycles. The second kappa shape index (κ2) is 23.4. The molecule has 0 fully saturated rings. The Hall–Kier alpha value is -13.6. The van der Waals surface area contributed by atoms with Crippen molar-refractivity contribution in [2.45, 2.75) is 13.0 Å². The van der Waals surface area contributed by atoms with Crippen molar-refractivity contribution in [2.75, 3.05) is 9.80 Å². The van der Waals surface area contributed by atoms with E-state index in [1.165, 1.54) is 16.4 Å². The number of anilines is 4. The average Bonchev–Trinajstić information content (AvgIpc) is 1.38. The fourth-order valence-corrected chi connectivity index (χ4v) is 15.6. The molecule has 0 saturated heterocycles. The molecule has 2 aliphatic rings. The summed E-state index contributed by atoms with van der Waals surface area (Å²) < 4.78 is 15.1. The maximum atomic E-state index is 12.9. The molecule has 0 spiro atoms. The minimum atomic E-state index is -0.0896. The SMILES string of the molecule is Cc1ccc2c(c1)=CN(c1ccc3oc4c(c(C#N)cc5c(N(c6ccc7ccccc7c6)c6ccc7c(-c8ccccc8)cccc7c6)c(C#N)c6c(C(=Nc7ccccc7)c7ccccc7)cc7oc8c(-c9ccc(-c%10ccccc%10)cc9)cccc8c7c6c54)c3c1)C1C=CC=CC=21. The van der Waals surface area contributed by atoms with Crippen LogP contribution >= 0.6 is 0 Å². The van der Waals surface area contributed by atoms with Gasteiger partial charge in [0.2, 0.25) is 0 Å². The van der Waals surface area contributed by atoms with E-state index in [4.69, 9.17) is 13.8 Å². The molecule has 15 aromatic carbocycles. The summed E-state index contributed by atoms with van der Waals surface area (Å²) in [5.41, 5.74) is 17.8. The Labute approximate surface area is 575 Å². The van der Waals surface area contributed by atoms with Crippen molar-refractivity contribution in [3.63, 3.8) is 0 Å². The predicted octanol–water partition coefficient (Wildman–Crippen LogP) is 22.7. The summed E-state index contributed by atoms with van der Waals surface area (Å²) in [6.45, 7) is 2.13. The summed E-state index contributed by atoms with van der Waals surface area (Å²) in [4.78, 5) is 10.2. The highest BCUT2D eigenvalue weighted by Gasteiger charge is 2.33. The third kappa shape index (κ3) is 9.37. The Bertz CT molecular complexity index is 6610. The third-order valence-electron chi connectivity index (χ3n) is 20.2. The van der Waals surface area contributed by atoms with Crippen LogP contribution in [-0.4, -0.2) is 11.8 Å². The van der Waals surface area contributed by atoms with E-state index in [1.54, 1.807) is 0 Å². The van der Waals surface area contributed by atoms with E-state index in [2.05, 4.69) is 284 Å². The summed E-state index contributed by atoms with van der Waals surface area (Å²) in [6.07, 6.45) is 10.9. The zero-order valence-corrected chi connectivity index (χ0v) is 54.2. The molecule has 7 heteroatoms. The van der Waals surface area contributed by atoms with E-state index in [9.17, 15) is 10.5 Å². The number of para-hydroxylation sites is 2. The standard InChI is InChI=1S/C93H57N5O2/c1-57-36-45-74-67(48-57)56-97(82-35-17-16-31-76(74)82)69-44-47-83-78(52-69)85-66(54-94)51-80-88(93(85)99-83)89-86(81(55-95)91(80)98(70-42-41-59-22-14-15-27-64(59)49-70)71-43-46-73-65(50-71)28-18-32-72(73)61-23-8-3-9-24-61)79(90(63-25-10-4-11-26-63)96-68-29-12-5-13-30-68)53-84-87(89)77-34-19-33-75(92(77)100-84)62-39-37-60(38-40-62)58-20-6-2-7-21-58/h2-53,56,82H,1H3. The van der Waals surface area contributed by atoms with Crippen LogP contribution in [0.2, 0.25) is 0 Å². The van der Waals surface area contributed by atoms with Crippen molar-refractivity contribution in [2.24, 2.45) is 4.99 Å². The number of nitrogens with zero attached hydrogens (tertiary/aromatic N) is 5. The Morgan fingerprint density at radius 1 is 0.460 bits per heavy atom. The number of allylic oxidation sites excluding steroid dienone is 2. The van der Waals surface area contributed by atoms with Gasteiger partial charge in [-0.15, -0.1) is 0 Å². The summed E-state index contributed by atoms with van der Waals surface area (Å²) in [7, 11) is 0. The van der Waals surface area contributed by atoms with Gasteiger partial charge in [0.15, 0.2) is 0 Å². The molecule has 17 aromatic rings. The number of rotatable bonds is 10. The maximum Gasteiger partial charge on any atom is 0.145 e. The van der Waals surface area contributed by atoms with Crippen LogP contribution < -0.4 is 20.2 Å². The number of nitriles is 2. The molecule has 0 N–H and O–H groups in total. The van der Waals surface area contributed by atoms with Gasteiger partial charge in [-0.2, -0.15) is 10.5 Å². The molecule has 0 radical (unpaired) electrons. The van der Waals surface area contributed by atoms with E-state index in [1.807, 2.05) is 66.7 Å². The van der Waals surface area contributed by atoms with E-state index < -0.39 is 0 Å². The largest absolute Gasteiger partial charge is 0.455 e. The van der Waals surface area contributed by atoms with Gasteiger partial charge in [0.05, 0.1) is 40.3 Å². The highest BCUT2D eigenvalue weighted by atomic mass is 16.3. The number of fused-ring (bicyclic) bond motifs is 15. The maximum absolute atomic E-state index is 12.9. The fraction of sp³-hybridized carbons (Fsp3) is 0.0215. The van der Waals surface area contributed by atoms with Crippen LogP contribution in [0.5, 0.6) is 0 Å². The number of aliphatic imine (C=N–C) groups is 1. The lowest BCUT2D eigenvalue weighted by molar-refractivity contribution is 0.670. The molecule has 1 aliphatic carbocycles. The van der Waals surface area contributed by atoms with E-state index in [0.717, 1.165) is 110 Å². The normalized spacial score (nSPS) is 13.6. The molecule has 1 atom stereocenters. The number of benzene rings is 15. The van der Waals surface area contributed by atoms with Crippen LogP contribution in [0, 0.1) is 29.6 Å². The molecule has 3 heterocycles. The molecule has 2 aromatic heterocycles. The Morgan fingerprint density at radius 2 is 1.13 bits per heavy atom. The quantitative estimate of drug-likeness (QED) is 0.100. The lowest BCUT2D eigenvalue weighted by atomic mass is 9.84. The third-order valence-corrected chi connectivity index (χ3v) is 20.2. The highest BCUT2D eigenvalue weighted by Crippen LogP contribution is 2.54. The molecular formula is C93H57N5O2. The van der Waals surface area contributed by atoms with Crippen LogP contribution in [0.1, 0.15) is 27.8 Å². The van der Waals surface area contributed by atoms with Gasteiger partial charge in [-0.1, -0.05) is 248 Å². The summed E-state index contributed by atoms with van der Waals surface area (Å²) in [5, 5.41) is 37.3. The first-order chi connectivity index (χ1) is 49.4. The first-order valence-electron chi connectivity index (χ1n) is 33.7. The van der Waals surface area contributed by atoms with Gasteiger partial charge in [0, 0.05) is 83.0 Å². The number of hydrogen-bond acceptors (Lipinski definition) is 7. The topological polar surface area (TPSA) is 92.7 Å². The zero-order chi connectivity index (χ0) is 66.5. The molecular weight excluding hydrogens is 1220 g/mol. The minimum absolute atomic E-state index is 0.0896. The molecule has 0 amide bonds. The monoisotopic (exact) mass is 1280 g/mol. The molecule has 0 bridgehead atoms. The molecule has 100 heavy (non-hydrogen) atoms. The molecule has 0 saturated carbocycles. The van der Waals surface area contributed by atoms with Crippen molar-refractivity contribution in [1.29, 1.82) is 10.5 Å².